The summed E-state index contributed by atoms with van der Waals surface area (Å²) >= 11 is 0. The fraction of sp³-hybridized carbons (Fsp3) is 0.407. The molecule has 4 aliphatic rings. The summed E-state index contributed by atoms with van der Waals surface area (Å²) < 4.78 is 26.6. The third-order valence-corrected chi connectivity index (χ3v) is 7.92. The van der Waals surface area contributed by atoms with Crippen LogP contribution in [0.5, 0.6) is 0 Å². The molecule has 176 valence electrons. The summed E-state index contributed by atoms with van der Waals surface area (Å²) in [6, 6.07) is 6.34. The molecule has 3 aliphatic carbocycles. The molecule has 0 radical (unpaired) electrons. The molecule has 3 saturated carbocycles. The summed E-state index contributed by atoms with van der Waals surface area (Å²) in [6.07, 6.45) is 12.6. The number of fused-ring (bicyclic) bond motifs is 3. The molecule has 2 aromatic heterocycles. The number of imidazole rings is 1. The molecule has 3 N–H and O–H groups in total. The first-order chi connectivity index (χ1) is 16.3. The molecule has 0 amide bonds. The van der Waals surface area contributed by atoms with Crippen molar-refractivity contribution in [3.63, 3.8) is 0 Å². The normalized spacial score (nSPS) is 27.8. The Morgan fingerprint density at radius 1 is 1.21 bits per heavy atom. The van der Waals surface area contributed by atoms with E-state index in [0.29, 0.717) is 11.7 Å². The maximum Gasteiger partial charge on any atom is 0.254 e. The third-order valence-electron chi connectivity index (χ3n) is 7.92. The number of benzene rings is 1. The van der Waals surface area contributed by atoms with Crippen LogP contribution < -0.4 is 11.1 Å². The molecule has 2 unspecified atom stereocenters. The summed E-state index contributed by atoms with van der Waals surface area (Å²) in [5, 5.41) is 3.17. The summed E-state index contributed by atoms with van der Waals surface area (Å²) in [6.45, 7) is 6.40. The van der Waals surface area contributed by atoms with E-state index in [4.69, 9.17) is 10.7 Å². The molecular weight excluding hydrogens is 432 g/mol. The number of nitrogens with zero attached hydrogens (tertiary/aromatic N) is 3. The topological polar surface area (TPSA) is 68.2 Å². The Morgan fingerprint density at radius 3 is 2.65 bits per heavy atom. The highest BCUT2D eigenvalue weighted by atomic mass is 19.3. The molecule has 2 atom stereocenters. The van der Waals surface area contributed by atoms with Crippen LogP contribution in [0.3, 0.4) is 0 Å². The van der Waals surface area contributed by atoms with E-state index in [1.165, 1.54) is 12.8 Å². The van der Waals surface area contributed by atoms with Gasteiger partial charge in [0.05, 0.1) is 0 Å². The molecule has 3 fully saturated rings. The van der Waals surface area contributed by atoms with Crippen molar-refractivity contribution < 1.29 is 8.78 Å². The minimum absolute atomic E-state index is 0.206. The molecule has 0 bridgehead atoms. The van der Waals surface area contributed by atoms with E-state index in [1.807, 2.05) is 12.4 Å². The van der Waals surface area contributed by atoms with Gasteiger partial charge in [0.1, 0.15) is 22.9 Å². The van der Waals surface area contributed by atoms with Crippen LogP contribution in [0.4, 0.5) is 14.6 Å². The summed E-state index contributed by atoms with van der Waals surface area (Å²) in [5.41, 5.74) is 12.2. The van der Waals surface area contributed by atoms with Crippen LogP contribution in [-0.2, 0) is 0 Å². The van der Waals surface area contributed by atoms with Gasteiger partial charge in [0.15, 0.2) is 0 Å². The lowest BCUT2D eigenvalue weighted by molar-refractivity contribution is 0.0728. The number of hydrogen-bond donors (Lipinski definition) is 2. The average molecular weight is 462 g/mol. The first-order valence-electron chi connectivity index (χ1n) is 12.1. The van der Waals surface area contributed by atoms with Crippen molar-refractivity contribution in [3.05, 3.63) is 60.3 Å². The largest absolute Gasteiger partial charge is 0.382 e. The summed E-state index contributed by atoms with van der Waals surface area (Å²) in [7, 11) is 0. The standard InChI is InChI=1S/C21H21N5.C6H8F2/c1-12-9-16(10-12)21-25-18(19-20(22)24-7-8-26(19)21)15-4-3-14-5-6-23-13(2)17(14)11-15;7-6(8)4-2-1-3-5(4)6/h3-8,11-12,16,23H,2,9-10H2,1H3,(H2,22,24);4-5H,1-3H2. The fourth-order valence-corrected chi connectivity index (χ4v) is 5.92. The van der Waals surface area contributed by atoms with Gasteiger partial charge in [-0.3, -0.25) is 4.40 Å². The number of rotatable bonds is 2. The number of hydrogen-bond acceptors (Lipinski definition) is 4. The summed E-state index contributed by atoms with van der Waals surface area (Å²) in [4.78, 5) is 9.33. The van der Waals surface area contributed by atoms with Crippen LogP contribution >= 0.6 is 0 Å². The first kappa shape index (κ1) is 21.3. The Bertz CT molecular complexity index is 1310. The van der Waals surface area contributed by atoms with E-state index < -0.39 is 5.92 Å². The van der Waals surface area contributed by atoms with Crippen molar-refractivity contribution in [2.24, 2.45) is 17.8 Å². The number of nitrogens with one attached hydrogen (secondary N) is 1. The molecule has 3 heterocycles. The molecule has 5 nitrogen and oxygen atoms in total. The van der Waals surface area contributed by atoms with Crippen LogP contribution in [0.25, 0.3) is 28.5 Å². The van der Waals surface area contributed by atoms with Gasteiger partial charge in [0.25, 0.3) is 5.92 Å². The molecular formula is C27H29F2N5. The third kappa shape index (κ3) is 3.32. The number of nitrogen functional groups attached to an aromatic ring is 1. The zero-order valence-corrected chi connectivity index (χ0v) is 19.3. The van der Waals surface area contributed by atoms with E-state index in [-0.39, 0.29) is 11.8 Å². The second-order valence-corrected chi connectivity index (χ2v) is 10.2. The van der Waals surface area contributed by atoms with Gasteiger partial charge >= 0.3 is 0 Å². The zero-order chi connectivity index (χ0) is 23.6. The molecule has 3 aromatic rings. The van der Waals surface area contributed by atoms with Crippen LogP contribution in [0.1, 0.15) is 61.9 Å². The Labute approximate surface area is 197 Å². The van der Waals surface area contributed by atoms with Gasteiger partial charge in [-0.2, -0.15) is 0 Å². The number of aromatic nitrogens is 3. The summed E-state index contributed by atoms with van der Waals surface area (Å²) in [5.74, 6) is 0.216. The second-order valence-electron chi connectivity index (χ2n) is 10.2. The van der Waals surface area contributed by atoms with Crippen molar-refractivity contribution in [2.75, 3.05) is 5.73 Å². The minimum Gasteiger partial charge on any atom is -0.382 e. The van der Waals surface area contributed by atoms with E-state index in [1.54, 1.807) is 6.20 Å². The number of alkyl halides is 2. The highest BCUT2D eigenvalue weighted by molar-refractivity contribution is 5.88. The Hall–Kier alpha value is -3.22. The van der Waals surface area contributed by atoms with Crippen LogP contribution in [0, 0.1) is 17.8 Å². The molecule has 7 heteroatoms. The average Bonchev–Trinajstić information content (AvgIpc) is 3.21. The fourth-order valence-electron chi connectivity index (χ4n) is 5.92. The number of halogens is 2. The Morgan fingerprint density at radius 2 is 1.97 bits per heavy atom. The van der Waals surface area contributed by atoms with Gasteiger partial charge in [-0.15, -0.1) is 0 Å². The van der Waals surface area contributed by atoms with Gasteiger partial charge in [0.2, 0.25) is 0 Å². The monoisotopic (exact) mass is 461 g/mol. The number of nitrogens with two attached hydrogens (primary N) is 1. The maximum absolute atomic E-state index is 12.2. The molecule has 7 rings (SSSR count). The quantitative estimate of drug-likeness (QED) is 0.485. The highest BCUT2D eigenvalue weighted by Crippen LogP contribution is 2.63. The first-order valence-corrected chi connectivity index (χ1v) is 12.1. The van der Waals surface area contributed by atoms with Gasteiger partial charge in [-0.25, -0.2) is 18.7 Å². The van der Waals surface area contributed by atoms with E-state index in [9.17, 15) is 8.78 Å². The Kier molecular flexibility index (Phi) is 4.80. The smallest absolute Gasteiger partial charge is 0.254 e. The van der Waals surface area contributed by atoms with Gasteiger partial charge in [0, 0.05) is 53.2 Å². The lowest BCUT2D eigenvalue weighted by Gasteiger charge is -2.31. The predicted molar refractivity (Wildman–Crippen MR) is 131 cm³/mol. The van der Waals surface area contributed by atoms with Gasteiger partial charge in [-0.05, 0) is 49.3 Å². The van der Waals surface area contributed by atoms with Crippen molar-refractivity contribution >= 4 is 23.1 Å². The Balaban J connectivity index is 0.000000228. The second kappa shape index (κ2) is 7.65. The minimum atomic E-state index is -2.24. The van der Waals surface area contributed by atoms with Crippen molar-refractivity contribution in [3.8, 4) is 11.3 Å². The lowest BCUT2D eigenvalue weighted by atomic mass is 9.76. The van der Waals surface area contributed by atoms with Crippen LogP contribution in [-0.4, -0.2) is 20.3 Å². The van der Waals surface area contributed by atoms with Crippen LogP contribution in [0.15, 0.2) is 43.4 Å². The van der Waals surface area contributed by atoms with Gasteiger partial charge < -0.3 is 11.1 Å². The predicted octanol–water partition coefficient (Wildman–Crippen LogP) is 6.09. The van der Waals surface area contributed by atoms with E-state index in [0.717, 1.165) is 64.6 Å². The number of anilines is 1. The molecule has 0 saturated heterocycles. The lowest BCUT2D eigenvalue weighted by Crippen LogP contribution is -2.21. The molecule has 1 aromatic carbocycles. The van der Waals surface area contributed by atoms with Crippen LogP contribution in [0.2, 0.25) is 0 Å². The van der Waals surface area contributed by atoms with Gasteiger partial charge in [-0.1, -0.05) is 32.1 Å². The molecule has 1 aliphatic heterocycles. The SMILES string of the molecule is C=C1NC=Cc2ccc(-c3nc(C4CC(C)C4)n4ccnc(N)c34)cc21.FC1(F)C2CCCC21. The van der Waals surface area contributed by atoms with E-state index in [2.05, 4.69) is 52.5 Å². The molecule has 34 heavy (non-hydrogen) atoms. The van der Waals surface area contributed by atoms with Crippen molar-refractivity contribution in [1.82, 2.24) is 19.7 Å². The van der Waals surface area contributed by atoms with E-state index >= 15 is 0 Å². The van der Waals surface area contributed by atoms with Crippen molar-refractivity contribution in [2.45, 2.75) is 50.9 Å². The zero-order valence-electron chi connectivity index (χ0n) is 19.3. The highest BCUT2D eigenvalue weighted by Gasteiger charge is 2.69. The van der Waals surface area contributed by atoms with Crippen molar-refractivity contribution in [1.29, 1.82) is 0 Å². The molecule has 0 spiro atoms. The maximum atomic E-state index is 12.2.